The first kappa shape index (κ1) is 30.4. The minimum Gasteiger partial charge on any atom is -0.477 e. The average molecular weight is 518 g/mol. The van der Waals surface area contributed by atoms with Gasteiger partial charge in [-0.1, -0.05) is 115 Å². The van der Waals surface area contributed by atoms with E-state index < -0.39 is 32.0 Å². The second-order valence-electron chi connectivity index (χ2n) is 8.98. The molecule has 0 fully saturated rings. The van der Waals surface area contributed by atoms with Crippen LogP contribution in [0.1, 0.15) is 120 Å². The van der Waals surface area contributed by atoms with Gasteiger partial charge in [-0.3, -0.25) is 10.1 Å². The van der Waals surface area contributed by atoms with Crippen molar-refractivity contribution < 1.29 is 23.2 Å². The molecular weight excluding hydrogens is 478 g/mol. The Bertz CT molecular complexity index is 872. The summed E-state index contributed by atoms with van der Waals surface area (Å²) in [7, 11) is -3.83. The van der Waals surface area contributed by atoms with Gasteiger partial charge in [-0.05, 0) is 12.5 Å². The van der Waals surface area contributed by atoms with Gasteiger partial charge in [0.15, 0.2) is 9.84 Å². The average Bonchev–Trinajstić information content (AvgIpc) is 2.78. The van der Waals surface area contributed by atoms with Crippen LogP contribution < -0.4 is 0 Å². The summed E-state index contributed by atoms with van der Waals surface area (Å²) in [5.41, 5.74) is -1.40. The second kappa shape index (κ2) is 16.9. The molecule has 0 spiro atoms. The van der Waals surface area contributed by atoms with E-state index in [0.717, 1.165) is 37.8 Å². The third-order valence-corrected chi connectivity index (χ3v) is 8.34. The van der Waals surface area contributed by atoms with Crippen LogP contribution in [0.4, 0.5) is 5.69 Å². The van der Waals surface area contributed by atoms with E-state index in [-0.39, 0.29) is 15.7 Å². The highest BCUT2D eigenvalue weighted by molar-refractivity contribution is 7.91. The highest BCUT2D eigenvalue weighted by Gasteiger charge is 2.27. The Morgan fingerprint density at radius 3 is 1.65 bits per heavy atom. The molecule has 7 nitrogen and oxygen atoms in total. The molecule has 0 saturated heterocycles. The summed E-state index contributed by atoms with van der Waals surface area (Å²) in [5.74, 6) is -1.73. The van der Waals surface area contributed by atoms with Crippen molar-refractivity contribution in [3.63, 3.8) is 0 Å². The molecular formula is C25H40ClNO6S. The first-order valence-electron chi connectivity index (χ1n) is 12.6. The van der Waals surface area contributed by atoms with Gasteiger partial charge in [0.25, 0.3) is 5.69 Å². The van der Waals surface area contributed by atoms with E-state index in [4.69, 9.17) is 11.6 Å². The number of carboxylic acid groups (broad SMARTS) is 1. The normalized spacial score (nSPS) is 11.6. The third kappa shape index (κ3) is 11.6. The lowest BCUT2D eigenvalue weighted by molar-refractivity contribution is -0.385. The fraction of sp³-hybridized carbons (Fsp3) is 0.720. The Morgan fingerprint density at radius 2 is 1.26 bits per heavy atom. The first-order valence-corrected chi connectivity index (χ1v) is 14.7. The number of unbranched alkanes of at least 4 members (excludes halogenated alkanes) is 15. The van der Waals surface area contributed by atoms with E-state index in [2.05, 4.69) is 6.92 Å². The van der Waals surface area contributed by atoms with Crippen LogP contribution >= 0.6 is 11.6 Å². The molecule has 0 aliphatic carbocycles. The number of hydrogen-bond acceptors (Lipinski definition) is 5. The molecule has 0 radical (unpaired) electrons. The van der Waals surface area contributed by atoms with Gasteiger partial charge in [0.05, 0.1) is 20.6 Å². The van der Waals surface area contributed by atoms with Crippen molar-refractivity contribution in [1.29, 1.82) is 0 Å². The number of sulfone groups is 1. The minimum atomic E-state index is -3.83. The van der Waals surface area contributed by atoms with Gasteiger partial charge in [-0.15, -0.1) is 0 Å². The number of aromatic carboxylic acids is 1. The number of rotatable bonds is 20. The number of carboxylic acids is 1. The fourth-order valence-corrected chi connectivity index (χ4v) is 6.02. The minimum absolute atomic E-state index is 0.165. The van der Waals surface area contributed by atoms with Crippen LogP contribution in [0.2, 0.25) is 5.02 Å². The van der Waals surface area contributed by atoms with Crippen molar-refractivity contribution in [3.05, 3.63) is 32.8 Å². The number of carbonyl (C=O) groups is 1. The molecule has 1 aromatic carbocycles. The topological polar surface area (TPSA) is 115 Å². The SMILES string of the molecule is CCCCCCCCCCCCCCCCCCS(=O)(=O)c1cc(C(=O)O)c([N+](=O)[O-])cc1Cl. The van der Waals surface area contributed by atoms with Crippen molar-refractivity contribution >= 4 is 33.1 Å². The third-order valence-electron chi connectivity index (χ3n) is 6.08. The van der Waals surface area contributed by atoms with Gasteiger partial charge in [0, 0.05) is 6.07 Å². The summed E-state index contributed by atoms with van der Waals surface area (Å²) < 4.78 is 25.2. The van der Waals surface area contributed by atoms with E-state index in [1.165, 1.54) is 70.6 Å². The number of nitrogens with zero attached hydrogens (tertiary/aromatic N) is 1. The van der Waals surface area contributed by atoms with Crippen molar-refractivity contribution in [3.8, 4) is 0 Å². The number of nitro benzene ring substituents is 1. The Labute approximate surface area is 209 Å². The number of benzene rings is 1. The maximum absolute atomic E-state index is 12.6. The maximum atomic E-state index is 12.6. The van der Waals surface area contributed by atoms with Gasteiger partial charge < -0.3 is 5.11 Å². The standard InChI is InChI=1S/C25H40ClNO6S/c1-2-3-4-5-6-7-8-9-10-11-12-13-14-15-16-17-18-34(32,33)24-19-21(25(28)29)23(27(30)31)20-22(24)26/h19-20H,2-18H2,1H3,(H,28,29). The van der Waals surface area contributed by atoms with Gasteiger partial charge in [-0.2, -0.15) is 0 Å². The quantitative estimate of drug-likeness (QED) is 0.106. The fourth-order valence-electron chi connectivity index (χ4n) is 4.05. The summed E-state index contributed by atoms with van der Waals surface area (Å²) in [6.45, 7) is 2.24. The van der Waals surface area contributed by atoms with Gasteiger partial charge in [0.2, 0.25) is 0 Å². The lowest BCUT2D eigenvalue weighted by atomic mass is 10.0. The zero-order valence-corrected chi connectivity index (χ0v) is 22.0. The number of halogens is 1. The van der Waals surface area contributed by atoms with E-state index in [9.17, 15) is 28.4 Å². The predicted molar refractivity (Wildman–Crippen MR) is 137 cm³/mol. The Morgan fingerprint density at radius 1 is 0.853 bits per heavy atom. The van der Waals surface area contributed by atoms with Gasteiger partial charge in [-0.25, -0.2) is 13.2 Å². The van der Waals surface area contributed by atoms with Crippen molar-refractivity contribution in [1.82, 2.24) is 0 Å². The molecule has 1 N–H and O–H groups in total. The molecule has 194 valence electrons. The molecule has 0 saturated carbocycles. The van der Waals surface area contributed by atoms with Crippen LogP contribution in [0.5, 0.6) is 0 Å². The molecule has 0 aliphatic heterocycles. The van der Waals surface area contributed by atoms with Crippen LogP contribution in [-0.2, 0) is 9.84 Å². The molecule has 0 bridgehead atoms. The zero-order valence-electron chi connectivity index (χ0n) is 20.4. The zero-order chi connectivity index (χ0) is 25.4. The molecule has 1 rings (SSSR count). The monoisotopic (exact) mass is 517 g/mol. The van der Waals surface area contributed by atoms with E-state index in [1.54, 1.807) is 0 Å². The molecule has 0 amide bonds. The number of hydrogen-bond donors (Lipinski definition) is 1. The second-order valence-corrected chi connectivity index (χ2v) is 11.5. The van der Waals surface area contributed by atoms with E-state index >= 15 is 0 Å². The molecule has 0 atom stereocenters. The van der Waals surface area contributed by atoms with Crippen LogP contribution in [0.25, 0.3) is 0 Å². The highest BCUT2D eigenvalue weighted by atomic mass is 35.5. The van der Waals surface area contributed by atoms with Crippen LogP contribution in [0.3, 0.4) is 0 Å². The molecule has 34 heavy (non-hydrogen) atoms. The molecule has 0 aliphatic rings. The summed E-state index contributed by atoms with van der Waals surface area (Å²) in [5, 5.41) is 19.9. The predicted octanol–water partition coefficient (Wildman–Crippen LogP) is 7.98. The molecule has 9 heteroatoms. The molecule has 0 aromatic heterocycles. The maximum Gasteiger partial charge on any atom is 0.342 e. The van der Waals surface area contributed by atoms with E-state index in [1.807, 2.05) is 0 Å². The highest BCUT2D eigenvalue weighted by Crippen LogP contribution is 2.31. The van der Waals surface area contributed by atoms with E-state index in [0.29, 0.717) is 6.42 Å². The molecule has 1 aromatic rings. The summed E-state index contributed by atoms with van der Waals surface area (Å²) >= 11 is 5.93. The van der Waals surface area contributed by atoms with Crippen LogP contribution in [-0.4, -0.2) is 30.2 Å². The summed E-state index contributed by atoms with van der Waals surface area (Å²) in [6.07, 6.45) is 18.9. The smallest absolute Gasteiger partial charge is 0.342 e. The van der Waals surface area contributed by atoms with Crippen molar-refractivity contribution in [2.45, 2.75) is 115 Å². The van der Waals surface area contributed by atoms with Gasteiger partial charge >= 0.3 is 5.97 Å². The van der Waals surface area contributed by atoms with Crippen molar-refractivity contribution in [2.24, 2.45) is 0 Å². The first-order chi connectivity index (χ1) is 16.2. The van der Waals surface area contributed by atoms with Crippen LogP contribution in [0.15, 0.2) is 17.0 Å². The summed E-state index contributed by atoms with van der Waals surface area (Å²) in [6, 6.07) is 1.59. The summed E-state index contributed by atoms with van der Waals surface area (Å²) in [4.78, 5) is 21.1. The molecule has 0 unspecified atom stereocenters. The van der Waals surface area contributed by atoms with Crippen LogP contribution in [0, 0.1) is 10.1 Å². The lowest BCUT2D eigenvalue weighted by Gasteiger charge is -2.08. The van der Waals surface area contributed by atoms with Gasteiger partial charge in [0.1, 0.15) is 5.56 Å². The molecule has 0 heterocycles. The Kier molecular flexibility index (Phi) is 15.1. The lowest BCUT2D eigenvalue weighted by Crippen LogP contribution is -2.11. The Hall–Kier alpha value is -1.67. The van der Waals surface area contributed by atoms with Crippen molar-refractivity contribution in [2.75, 3.05) is 5.75 Å². The Balaban J connectivity index is 2.22. The largest absolute Gasteiger partial charge is 0.477 e. The number of nitro groups is 1.